The molecule has 0 radical (unpaired) electrons. The van der Waals surface area contributed by atoms with Crippen LogP contribution in [-0.4, -0.2) is 12.9 Å². The highest BCUT2D eigenvalue weighted by molar-refractivity contribution is 6.39. The van der Waals surface area contributed by atoms with Crippen LogP contribution in [-0.2, 0) is 0 Å². The van der Waals surface area contributed by atoms with Gasteiger partial charge in [0.2, 0.25) is 0 Å². The van der Waals surface area contributed by atoms with Gasteiger partial charge in [-0.1, -0.05) is 36.4 Å². The van der Waals surface area contributed by atoms with E-state index < -0.39 is 0 Å². The zero-order valence-electron chi connectivity index (χ0n) is 10.9. The van der Waals surface area contributed by atoms with Crippen molar-refractivity contribution in [2.45, 2.75) is 6.92 Å². The van der Waals surface area contributed by atoms with Gasteiger partial charge in [-0.05, 0) is 35.8 Å². The largest absolute Gasteiger partial charge is 0.497 e. The van der Waals surface area contributed by atoms with Gasteiger partial charge in [0.1, 0.15) is 5.75 Å². The van der Waals surface area contributed by atoms with Crippen LogP contribution in [0.1, 0.15) is 28.4 Å². The van der Waals surface area contributed by atoms with Crippen LogP contribution in [0.5, 0.6) is 5.75 Å². The Morgan fingerprint density at radius 2 is 1.53 bits per heavy atom. The molecule has 0 spiro atoms. The van der Waals surface area contributed by atoms with Gasteiger partial charge in [0.15, 0.2) is 5.78 Å². The topological polar surface area (TPSA) is 26.3 Å². The van der Waals surface area contributed by atoms with Gasteiger partial charge in [-0.15, -0.1) is 0 Å². The van der Waals surface area contributed by atoms with Crippen molar-refractivity contribution in [1.82, 2.24) is 0 Å². The van der Waals surface area contributed by atoms with Gasteiger partial charge in [0.05, 0.1) is 7.11 Å². The van der Waals surface area contributed by atoms with Gasteiger partial charge in [0.25, 0.3) is 0 Å². The van der Waals surface area contributed by atoms with Crippen molar-refractivity contribution in [3.8, 4) is 5.75 Å². The van der Waals surface area contributed by atoms with Gasteiger partial charge >= 0.3 is 0 Å². The second kappa shape index (κ2) is 4.39. The molecular formula is C17H14O2. The number of hydrogen-bond donors (Lipinski definition) is 0. The van der Waals surface area contributed by atoms with E-state index in [1.54, 1.807) is 7.11 Å². The van der Waals surface area contributed by atoms with Crippen LogP contribution < -0.4 is 4.74 Å². The zero-order chi connectivity index (χ0) is 13.4. The first kappa shape index (κ1) is 11.7. The highest BCUT2D eigenvalue weighted by atomic mass is 16.5. The molecule has 0 heterocycles. The smallest absolute Gasteiger partial charge is 0.194 e. The molecule has 2 nitrogen and oxygen atoms in total. The van der Waals surface area contributed by atoms with Gasteiger partial charge in [-0.3, -0.25) is 4.79 Å². The minimum absolute atomic E-state index is 0.110. The quantitative estimate of drug-likeness (QED) is 0.809. The van der Waals surface area contributed by atoms with E-state index in [0.29, 0.717) is 0 Å². The summed E-state index contributed by atoms with van der Waals surface area (Å²) in [6, 6.07) is 15.4. The number of allylic oxidation sites excluding steroid dienone is 2. The van der Waals surface area contributed by atoms with E-state index in [1.807, 2.05) is 55.5 Å². The van der Waals surface area contributed by atoms with E-state index in [-0.39, 0.29) is 5.78 Å². The van der Waals surface area contributed by atoms with E-state index in [2.05, 4.69) is 0 Å². The van der Waals surface area contributed by atoms with Crippen molar-refractivity contribution in [2.75, 3.05) is 7.11 Å². The van der Waals surface area contributed by atoms with Crippen molar-refractivity contribution in [1.29, 1.82) is 0 Å². The number of hydrogen-bond acceptors (Lipinski definition) is 2. The molecule has 94 valence electrons. The number of rotatable bonds is 2. The van der Waals surface area contributed by atoms with E-state index >= 15 is 0 Å². The summed E-state index contributed by atoms with van der Waals surface area (Å²) in [7, 11) is 1.64. The predicted molar refractivity (Wildman–Crippen MR) is 76.3 cm³/mol. The van der Waals surface area contributed by atoms with Crippen molar-refractivity contribution in [3.63, 3.8) is 0 Å². The minimum atomic E-state index is 0.110. The lowest BCUT2D eigenvalue weighted by Gasteiger charge is -2.05. The van der Waals surface area contributed by atoms with Crippen molar-refractivity contribution >= 4 is 16.9 Å². The summed E-state index contributed by atoms with van der Waals surface area (Å²) in [6.45, 7) is 2.00. The standard InChI is InChI=1S/C17H14O2/c1-11-14-5-3-4-6-15(14)17(18)16(11)12-7-9-13(19-2)10-8-12/h3-10H,1-2H3. The number of benzene rings is 2. The normalized spacial score (nSPS) is 13.7. The molecule has 0 aromatic heterocycles. The number of ether oxygens (including phenoxy) is 1. The molecule has 3 rings (SSSR count). The predicted octanol–water partition coefficient (Wildman–Crippen LogP) is 3.82. The molecular weight excluding hydrogens is 236 g/mol. The highest BCUT2D eigenvalue weighted by Crippen LogP contribution is 2.38. The summed E-state index contributed by atoms with van der Waals surface area (Å²) in [5.41, 5.74) is 4.62. The first-order valence-corrected chi connectivity index (χ1v) is 6.22. The number of carbonyl (C=O) groups is 1. The minimum Gasteiger partial charge on any atom is -0.497 e. The molecule has 0 unspecified atom stereocenters. The number of fused-ring (bicyclic) bond motifs is 1. The van der Waals surface area contributed by atoms with Crippen LogP contribution in [0.2, 0.25) is 0 Å². The maximum Gasteiger partial charge on any atom is 0.194 e. The molecule has 0 saturated heterocycles. The maximum atomic E-state index is 12.5. The first-order chi connectivity index (χ1) is 9.22. The maximum absolute atomic E-state index is 12.5. The van der Waals surface area contributed by atoms with E-state index in [1.165, 1.54) is 0 Å². The summed E-state index contributed by atoms with van der Waals surface area (Å²) in [4.78, 5) is 12.5. The fourth-order valence-corrected chi connectivity index (χ4v) is 2.55. The molecule has 0 amide bonds. The summed E-state index contributed by atoms with van der Waals surface area (Å²) in [6.07, 6.45) is 0. The second-order valence-corrected chi connectivity index (χ2v) is 4.60. The first-order valence-electron chi connectivity index (χ1n) is 6.22. The van der Waals surface area contributed by atoms with Crippen LogP contribution in [0.15, 0.2) is 48.5 Å². The third-order valence-electron chi connectivity index (χ3n) is 3.56. The lowest BCUT2D eigenvalue weighted by Crippen LogP contribution is -1.98. The molecule has 1 aliphatic carbocycles. The number of ketones is 1. The Kier molecular flexibility index (Phi) is 2.71. The summed E-state index contributed by atoms with van der Waals surface area (Å²) in [5.74, 6) is 0.906. The fourth-order valence-electron chi connectivity index (χ4n) is 2.55. The third kappa shape index (κ3) is 1.76. The summed E-state index contributed by atoms with van der Waals surface area (Å²) >= 11 is 0. The van der Waals surface area contributed by atoms with Crippen molar-refractivity contribution < 1.29 is 9.53 Å². The Hall–Kier alpha value is -2.35. The van der Waals surface area contributed by atoms with Crippen molar-refractivity contribution in [3.05, 3.63) is 65.2 Å². The molecule has 0 bridgehead atoms. The Labute approximate surface area is 112 Å². The lowest BCUT2D eigenvalue weighted by molar-refractivity contribution is 0.105. The molecule has 2 heteroatoms. The molecule has 0 aliphatic heterocycles. The third-order valence-corrected chi connectivity index (χ3v) is 3.56. The average Bonchev–Trinajstić information content (AvgIpc) is 2.72. The highest BCUT2D eigenvalue weighted by Gasteiger charge is 2.27. The SMILES string of the molecule is COc1ccc(C2=C(C)c3ccccc3C2=O)cc1. The van der Waals surface area contributed by atoms with E-state index in [0.717, 1.165) is 33.6 Å². The van der Waals surface area contributed by atoms with Gasteiger partial charge in [-0.25, -0.2) is 0 Å². The molecule has 0 N–H and O–H groups in total. The molecule has 0 saturated carbocycles. The molecule has 1 aliphatic rings. The second-order valence-electron chi connectivity index (χ2n) is 4.60. The zero-order valence-corrected chi connectivity index (χ0v) is 10.9. The molecule has 2 aromatic carbocycles. The summed E-state index contributed by atoms with van der Waals surface area (Å²) in [5, 5.41) is 0. The monoisotopic (exact) mass is 250 g/mol. The number of Topliss-reactive ketones (excluding diaryl/α,β-unsaturated/α-hetero) is 1. The fraction of sp³-hybridized carbons (Fsp3) is 0.118. The molecule has 2 aromatic rings. The van der Waals surface area contributed by atoms with E-state index in [4.69, 9.17) is 4.74 Å². The van der Waals surface area contributed by atoms with Crippen LogP contribution in [0.4, 0.5) is 0 Å². The van der Waals surface area contributed by atoms with Gasteiger partial charge < -0.3 is 4.74 Å². The Bertz CT molecular complexity index is 679. The van der Waals surface area contributed by atoms with Crippen LogP contribution >= 0.6 is 0 Å². The van der Waals surface area contributed by atoms with Gasteiger partial charge in [0, 0.05) is 11.1 Å². The van der Waals surface area contributed by atoms with E-state index in [9.17, 15) is 4.79 Å². The van der Waals surface area contributed by atoms with Crippen LogP contribution in [0, 0.1) is 0 Å². The van der Waals surface area contributed by atoms with Crippen LogP contribution in [0.3, 0.4) is 0 Å². The lowest BCUT2D eigenvalue weighted by atomic mass is 10.0. The number of methoxy groups -OCH3 is 1. The molecule has 19 heavy (non-hydrogen) atoms. The Morgan fingerprint density at radius 1 is 0.895 bits per heavy atom. The Morgan fingerprint density at radius 3 is 2.11 bits per heavy atom. The average molecular weight is 250 g/mol. The summed E-state index contributed by atoms with van der Waals surface area (Å²) < 4.78 is 5.15. The van der Waals surface area contributed by atoms with Crippen molar-refractivity contribution in [2.24, 2.45) is 0 Å². The Balaban J connectivity index is 2.11. The number of carbonyl (C=O) groups excluding carboxylic acids is 1. The van der Waals surface area contributed by atoms with Crippen LogP contribution in [0.25, 0.3) is 11.1 Å². The molecule has 0 atom stereocenters. The molecule has 0 fully saturated rings. The van der Waals surface area contributed by atoms with Gasteiger partial charge in [-0.2, -0.15) is 0 Å².